The van der Waals surface area contributed by atoms with Gasteiger partial charge in [0.15, 0.2) is 0 Å². The molecule has 1 aliphatic heterocycles. The number of amides is 2. The van der Waals surface area contributed by atoms with E-state index in [4.69, 9.17) is 0 Å². The zero-order valence-corrected chi connectivity index (χ0v) is 15.9. The summed E-state index contributed by atoms with van der Waals surface area (Å²) in [6.07, 6.45) is 0.792. The molecule has 0 radical (unpaired) electrons. The van der Waals surface area contributed by atoms with Crippen LogP contribution in [0.1, 0.15) is 10.4 Å². The average Bonchev–Trinajstić information content (AvgIpc) is 3.23. The lowest BCUT2D eigenvalue weighted by Gasteiger charge is -2.32. The molecule has 1 aliphatic rings. The number of hydrogen-bond donors (Lipinski definition) is 0. The lowest BCUT2D eigenvalue weighted by Crippen LogP contribution is -2.48. The normalized spacial score (nSPS) is 15.0. The molecule has 7 nitrogen and oxygen atoms in total. The monoisotopic (exact) mass is 393 g/mol. The maximum Gasteiger partial charge on any atom is 0.273 e. The smallest absolute Gasteiger partial charge is 0.273 e. The van der Waals surface area contributed by atoms with Crippen LogP contribution >= 0.6 is 11.3 Å². The van der Waals surface area contributed by atoms with E-state index < -0.39 is 10.0 Å². The van der Waals surface area contributed by atoms with Crippen molar-refractivity contribution in [1.29, 1.82) is 0 Å². The third-order valence-electron chi connectivity index (χ3n) is 4.34. The summed E-state index contributed by atoms with van der Waals surface area (Å²) in [5, 5.41) is 1.72. The van der Waals surface area contributed by atoms with Crippen LogP contribution < -0.4 is 4.31 Å². The van der Waals surface area contributed by atoms with Crippen LogP contribution in [0, 0.1) is 0 Å². The fourth-order valence-corrected chi connectivity index (χ4v) is 5.07. The van der Waals surface area contributed by atoms with Crippen LogP contribution in [0.2, 0.25) is 0 Å². The van der Waals surface area contributed by atoms with E-state index in [0.717, 1.165) is 17.7 Å². The van der Waals surface area contributed by atoms with Gasteiger partial charge in [-0.25, -0.2) is 8.42 Å². The lowest BCUT2D eigenvalue weighted by atomic mass is 10.1. The number of carbonyl (C=O) groups excluding carboxylic acids is 2. The highest BCUT2D eigenvalue weighted by Crippen LogP contribution is 2.25. The van der Waals surface area contributed by atoms with E-state index in [1.165, 1.54) is 11.4 Å². The molecule has 26 heavy (non-hydrogen) atoms. The van der Waals surface area contributed by atoms with Gasteiger partial charge >= 0.3 is 0 Å². The van der Waals surface area contributed by atoms with Gasteiger partial charge in [0.25, 0.3) is 15.9 Å². The summed E-state index contributed by atoms with van der Waals surface area (Å²) in [6.45, 7) is 2.03. The highest BCUT2D eigenvalue weighted by molar-refractivity contribution is 7.94. The van der Waals surface area contributed by atoms with Gasteiger partial charge in [-0.2, -0.15) is 0 Å². The Morgan fingerprint density at radius 2 is 1.77 bits per heavy atom. The van der Waals surface area contributed by atoms with Crippen LogP contribution in [-0.2, 0) is 14.8 Å². The Morgan fingerprint density at radius 1 is 1.12 bits per heavy atom. The maximum atomic E-state index is 12.5. The Labute approximate surface area is 156 Å². The molecule has 0 unspecified atom stereocenters. The average molecular weight is 393 g/mol. The highest BCUT2D eigenvalue weighted by Gasteiger charge is 2.24. The molecule has 1 fully saturated rings. The summed E-state index contributed by atoms with van der Waals surface area (Å²) in [6, 6.07) is 9.76. The first-order chi connectivity index (χ1) is 12.4. The summed E-state index contributed by atoms with van der Waals surface area (Å²) in [5.74, 6) is -0.120. The van der Waals surface area contributed by atoms with E-state index in [9.17, 15) is 18.0 Å². The Bertz CT molecular complexity index is 871. The lowest BCUT2D eigenvalue weighted by molar-refractivity contribution is -0.119. The molecule has 0 spiro atoms. The van der Waals surface area contributed by atoms with Gasteiger partial charge in [-0.15, -0.1) is 11.3 Å². The minimum Gasteiger partial charge on any atom is -0.342 e. The minimum absolute atomic E-state index is 0.120. The predicted molar refractivity (Wildman–Crippen MR) is 99.9 cm³/mol. The maximum absolute atomic E-state index is 12.5. The van der Waals surface area contributed by atoms with Gasteiger partial charge in [-0.3, -0.25) is 13.9 Å². The number of hydrogen-bond acceptors (Lipinski definition) is 5. The van der Waals surface area contributed by atoms with E-state index in [2.05, 4.69) is 0 Å². The number of thiophene rings is 1. The second-order valence-electron chi connectivity index (χ2n) is 5.89. The van der Waals surface area contributed by atoms with Crippen molar-refractivity contribution >= 4 is 39.4 Å². The summed E-state index contributed by atoms with van der Waals surface area (Å²) in [7, 11) is -2.10. The van der Waals surface area contributed by atoms with E-state index in [1.807, 2.05) is 0 Å². The molecule has 3 rings (SSSR count). The molecule has 138 valence electrons. The zero-order chi connectivity index (χ0) is 18.7. The highest BCUT2D eigenvalue weighted by atomic mass is 32.2. The minimum atomic E-state index is -3.59. The van der Waals surface area contributed by atoms with Gasteiger partial charge in [0, 0.05) is 38.8 Å². The molecular weight excluding hydrogens is 374 g/mol. The van der Waals surface area contributed by atoms with Gasteiger partial charge in [0.2, 0.25) is 6.41 Å². The third kappa shape index (κ3) is 3.58. The molecule has 0 atom stereocenters. The van der Waals surface area contributed by atoms with Crippen molar-refractivity contribution in [3.05, 3.63) is 47.3 Å². The first kappa shape index (κ1) is 18.4. The van der Waals surface area contributed by atoms with Crippen LogP contribution in [-0.4, -0.2) is 63.8 Å². The topological polar surface area (TPSA) is 78.0 Å². The Kier molecular flexibility index (Phi) is 5.28. The molecule has 2 amide bonds. The molecule has 1 aromatic carbocycles. The number of benzene rings is 1. The van der Waals surface area contributed by atoms with Gasteiger partial charge in [0.1, 0.15) is 4.21 Å². The molecule has 1 saturated heterocycles. The van der Waals surface area contributed by atoms with Crippen molar-refractivity contribution in [2.45, 2.75) is 4.21 Å². The number of piperazine rings is 1. The summed E-state index contributed by atoms with van der Waals surface area (Å²) < 4.78 is 26.6. The zero-order valence-electron chi connectivity index (χ0n) is 14.2. The Balaban J connectivity index is 1.72. The fraction of sp³-hybridized carbons (Fsp3) is 0.294. The molecule has 2 heterocycles. The Morgan fingerprint density at radius 3 is 2.31 bits per heavy atom. The van der Waals surface area contributed by atoms with Crippen molar-refractivity contribution in [2.75, 3.05) is 37.5 Å². The van der Waals surface area contributed by atoms with Gasteiger partial charge in [0.05, 0.1) is 5.69 Å². The predicted octanol–water partition coefficient (Wildman–Crippen LogP) is 1.49. The second-order valence-corrected chi connectivity index (χ2v) is 9.03. The number of nitrogens with zero attached hydrogens (tertiary/aromatic N) is 3. The standard InChI is InChI=1S/C17H19N3O4S2/c1-18(26(23,24)16-3-2-12-25-16)15-6-4-14(5-7-15)17(22)20-10-8-19(13-21)9-11-20/h2-7,12-13H,8-11H2,1H3. The number of sulfonamides is 1. The van der Waals surface area contributed by atoms with Crippen molar-refractivity contribution in [2.24, 2.45) is 0 Å². The second kappa shape index (κ2) is 7.46. The number of carbonyl (C=O) groups is 2. The van der Waals surface area contributed by atoms with Gasteiger partial charge in [-0.1, -0.05) is 6.07 Å². The molecule has 0 N–H and O–H groups in total. The fourth-order valence-electron chi connectivity index (χ4n) is 2.71. The molecule has 9 heteroatoms. The van der Waals surface area contributed by atoms with Gasteiger partial charge in [-0.05, 0) is 35.7 Å². The van der Waals surface area contributed by atoms with Crippen LogP contribution in [0.4, 0.5) is 5.69 Å². The molecule has 0 aliphatic carbocycles. The largest absolute Gasteiger partial charge is 0.342 e. The van der Waals surface area contributed by atoms with Gasteiger partial charge < -0.3 is 9.80 Å². The molecule has 2 aromatic rings. The molecular formula is C17H19N3O4S2. The first-order valence-corrected chi connectivity index (χ1v) is 10.4. The number of anilines is 1. The van der Waals surface area contributed by atoms with E-state index in [0.29, 0.717) is 37.4 Å². The van der Waals surface area contributed by atoms with Crippen molar-refractivity contribution in [3.63, 3.8) is 0 Å². The molecule has 0 bridgehead atoms. The third-order valence-corrected chi connectivity index (χ3v) is 7.50. The van der Waals surface area contributed by atoms with E-state index in [-0.39, 0.29) is 10.1 Å². The van der Waals surface area contributed by atoms with Crippen LogP contribution in [0.15, 0.2) is 46.0 Å². The SMILES string of the molecule is CN(c1ccc(C(=O)N2CCN(C=O)CC2)cc1)S(=O)(=O)c1cccs1. The summed E-state index contributed by atoms with van der Waals surface area (Å²) in [4.78, 5) is 26.6. The summed E-state index contributed by atoms with van der Waals surface area (Å²) in [5.41, 5.74) is 0.982. The van der Waals surface area contributed by atoms with E-state index >= 15 is 0 Å². The van der Waals surface area contributed by atoms with Crippen molar-refractivity contribution in [1.82, 2.24) is 9.80 Å². The summed E-state index contributed by atoms with van der Waals surface area (Å²) >= 11 is 1.16. The van der Waals surface area contributed by atoms with E-state index in [1.54, 1.807) is 51.6 Å². The number of rotatable bonds is 5. The van der Waals surface area contributed by atoms with Crippen LogP contribution in [0.3, 0.4) is 0 Å². The first-order valence-electron chi connectivity index (χ1n) is 8.04. The van der Waals surface area contributed by atoms with Crippen molar-refractivity contribution < 1.29 is 18.0 Å². The van der Waals surface area contributed by atoms with Crippen LogP contribution in [0.25, 0.3) is 0 Å². The quantitative estimate of drug-likeness (QED) is 0.721. The Hall–Kier alpha value is -2.39. The molecule has 1 aromatic heterocycles. The molecule has 0 saturated carbocycles. The van der Waals surface area contributed by atoms with Crippen molar-refractivity contribution in [3.8, 4) is 0 Å². The van der Waals surface area contributed by atoms with Crippen LogP contribution in [0.5, 0.6) is 0 Å².